The van der Waals surface area contributed by atoms with Crippen LogP contribution in [0.5, 0.6) is 0 Å². The van der Waals surface area contributed by atoms with Crippen molar-refractivity contribution in [2.24, 2.45) is 5.41 Å². The Morgan fingerprint density at radius 2 is 2.05 bits per heavy atom. The maximum absolute atomic E-state index is 6.02. The summed E-state index contributed by atoms with van der Waals surface area (Å²) < 4.78 is 4.30. The van der Waals surface area contributed by atoms with Crippen molar-refractivity contribution < 1.29 is 0 Å². The fourth-order valence-corrected chi connectivity index (χ4v) is 3.44. The Morgan fingerprint density at radius 1 is 1.37 bits per heavy atom. The molecule has 0 aliphatic carbocycles. The summed E-state index contributed by atoms with van der Waals surface area (Å²) in [4.78, 5) is 6.75. The van der Waals surface area contributed by atoms with Crippen molar-refractivity contribution in [3.05, 3.63) is 10.4 Å². The molecule has 0 atom stereocenters. The molecule has 6 heteroatoms. The minimum Gasteiger partial charge on any atom is -0.382 e. The molecule has 0 saturated heterocycles. The summed E-state index contributed by atoms with van der Waals surface area (Å²) in [6.07, 6.45) is 0. The SMILES string of the molecule is Cc1nc(-c2c(N)nsc2N(C)CC(C)(C)C)cs1. The van der Waals surface area contributed by atoms with Gasteiger partial charge in [-0.15, -0.1) is 11.3 Å². The lowest BCUT2D eigenvalue weighted by Gasteiger charge is -2.27. The zero-order chi connectivity index (χ0) is 14.2. The number of rotatable bonds is 3. The third-order valence-electron chi connectivity index (χ3n) is 2.63. The predicted molar refractivity (Wildman–Crippen MR) is 85.1 cm³/mol. The van der Waals surface area contributed by atoms with Gasteiger partial charge in [0.25, 0.3) is 0 Å². The Hall–Kier alpha value is -1.14. The van der Waals surface area contributed by atoms with Gasteiger partial charge in [-0.05, 0) is 23.9 Å². The van der Waals surface area contributed by atoms with E-state index in [4.69, 9.17) is 5.73 Å². The third kappa shape index (κ3) is 3.25. The fourth-order valence-electron chi connectivity index (χ4n) is 2.06. The Labute approximate surface area is 122 Å². The highest BCUT2D eigenvalue weighted by Gasteiger charge is 2.22. The second-order valence-corrected chi connectivity index (χ2v) is 7.73. The van der Waals surface area contributed by atoms with Gasteiger partial charge in [0, 0.05) is 19.0 Å². The first-order valence-electron chi connectivity index (χ1n) is 6.17. The second kappa shape index (κ2) is 5.09. The number of anilines is 2. The summed E-state index contributed by atoms with van der Waals surface area (Å²) in [5.41, 5.74) is 8.15. The first-order valence-corrected chi connectivity index (χ1v) is 7.82. The van der Waals surface area contributed by atoms with E-state index in [1.165, 1.54) is 11.5 Å². The molecule has 2 heterocycles. The van der Waals surface area contributed by atoms with Gasteiger partial charge in [0.1, 0.15) is 10.8 Å². The van der Waals surface area contributed by atoms with Gasteiger partial charge in [-0.25, -0.2) is 4.98 Å². The molecule has 2 N–H and O–H groups in total. The first-order chi connectivity index (χ1) is 8.78. The number of hydrogen-bond donors (Lipinski definition) is 1. The molecule has 0 amide bonds. The molecule has 0 radical (unpaired) electrons. The lowest BCUT2D eigenvalue weighted by atomic mass is 9.96. The van der Waals surface area contributed by atoms with E-state index in [-0.39, 0.29) is 5.41 Å². The molecule has 0 aliphatic rings. The lowest BCUT2D eigenvalue weighted by molar-refractivity contribution is 0.420. The van der Waals surface area contributed by atoms with Crippen LogP contribution in [0.15, 0.2) is 5.38 Å². The van der Waals surface area contributed by atoms with Gasteiger partial charge in [0.15, 0.2) is 0 Å². The highest BCUT2D eigenvalue weighted by atomic mass is 32.1. The van der Waals surface area contributed by atoms with Crippen molar-refractivity contribution in [3.8, 4) is 11.3 Å². The molecule has 0 spiro atoms. The van der Waals surface area contributed by atoms with Crippen LogP contribution in [-0.2, 0) is 0 Å². The van der Waals surface area contributed by atoms with Gasteiger partial charge in [-0.3, -0.25) is 0 Å². The third-order valence-corrected chi connectivity index (χ3v) is 4.38. The second-order valence-electron chi connectivity index (χ2n) is 5.92. The Balaban J connectivity index is 2.38. The summed E-state index contributed by atoms with van der Waals surface area (Å²) in [6, 6.07) is 0. The van der Waals surface area contributed by atoms with Crippen molar-refractivity contribution in [3.63, 3.8) is 0 Å². The van der Waals surface area contributed by atoms with Crippen LogP contribution in [0.25, 0.3) is 11.3 Å². The van der Waals surface area contributed by atoms with E-state index in [9.17, 15) is 0 Å². The van der Waals surface area contributed by atoms with Crippen LogP contribution >= 0.6 is 22.9 Å². The summed E-state index contributed by atoms with van der Waals surface area (Å²) in [5, 5.41) is 4.19. The minimum absolute atomic E-state index is 0.225. The van der Waals surface area contributed by atoms with Crippen LogP contribution in [0.3, 0.4) is 0 Å². The summed E-state index contributed by atoms with van der Waals surface area (Å²) >= 11 is 3.08. The maximum Gasteiger partial charge on any atom is 0.148 e. The number of aromatic nitrogens is 2. The van der Waals surface area contributed by atoms with Crippen LogP contribution in [-0.4, -0.2) is 22.9 Å². The van der Waals surface area contributed by atoms with Crippen molar-refractivity contribution in [1.82, 2.24) is 9.36 Å². The maximum atomic E-state index is 6.02. The van der Waals surface area contributed by atoms with Gasteiger partial charge in [-0.2, -0.15) is 4.37 Å². The van der Waals surface area contributed by atoms with Crippen molar-refractivity contribution in [2.75, 3.05) is 24.2 Å². The van der Waals surface area contributed by atoms with Crippen molar-refractivity contribution in [1.29, 1.82) is 0 Å². The highest BCUT2D eigenvalue weighted by Crippen LogP contribution is 2.39. The molecule has 104 valence electrons. The molecule has 0 saturated carbocycles. The van der Waals surface area contributed by atoms with Gasteiger partial charge in [0.05, 0.1) is 16.3 Å². The molecule has 2 rings (SSSR count). The van der Waals surface area contributed by atoms with Crippen LogP contribution in [0.1, 0.15) is 25.8 Å². The number of thiazole rings is 1. The van der Waals surface area contributed by atoms with Crippen LogP contribution in [0.2, 0.25) is 0 Å². The van der Waals surface area contributed by atoms with Gasteiger partial charge >= 0.3 is 0 Å². The minimum atomic E-state index is 0.225. The molecule has 0 aromatic carbocycles. The molecule has 2 aromatic rings. The molecular weight excluding hydrogens is 276 g/mol. The van der Waals surface area contributed by atoms with Crippen molar-refractivity contribution in [2.45, 2.75) is 27.7 Å². The molecule has 4 nitrogen and oxygen atoms in total. The topological polar surface area (TPSA) is 55.0 Å². The van der Waals surface area contributed by atoms with Crippen LogP contribution < -0.4 is 10.6 Å². The van der Waals surface area contributed by atoms with E-state index in [0.717, 1.165) is 27.8 Å². The number of nitrogens with two attached hydrogens (primary N) is 1. The molecule has 0 fully saturated rings. The van der Waals surface area contributed by atoms with E-state index >= 15 is 0 Å². The average molecular weight is 296 g/mol. The highest BCUT2D eigenvalue weighted by molar-refractivity contribution is 7.11. The van der Waals surface area contributed by atoms with Gasteiger partial charge in [-0.1, -0.05) is 20.8 Å². The quantitative estimate of drug-likeness (QED) is 0.939. The zero-order valence-corrected chi connectivity index (χ0v) is 13.7. The van der Waals surface area contributed by atoms with E-state index in [1.54, 1.807) is 11.3 Å². The monoisotopic (exact) mass is 296 g/mol. The Morgan fingerprint density at radius 3 is 2.58 bits per heavy atom. The number of aryl methyl sites for hydroxylation is 1. The Bertz CT molecular complexity index is 565. The number of nitrogens with zero attached hydrogens (tertiary/aromatic N) is 3. The summed E-state index contributed by atoms with van der Waals surface area (Å²) in [5.74, 6) is 0.575. The van der Waals surface area contributed by atoms with Crippen LogP contribution in [0, 0.1) is 12.3 Å². The normalized spacial score (nSPS) is 11.8. The van der Waals surface area contributed by atoms with E-state index in [2.05, 4.69) is 42.1 Å². The zero-order valence-electron chi connectivity index (χ0n) is 12.0. The number of hydrogen-bond acceptors (Lipinski definition) is 6. The Kier molecular flexibility index (Phi) is 3.82. The molecule has 0 bridgehead atoms. The first kappa shape index (κ1) is 14.3. The molecule has 0 unspecified atom stereocenters. The van der Waals surface area contributed by atoms with Crippen molar-refractivity contribution >= 4 is 33.7 Å². The van der Waals surface area contributed by atoms with E-state index in [0.29, 0.717) is 5.82 Å². The predicted octanol–water partition coefficient (Wildman–Crippen LogP) is 3.64. The average Bonchev–Trinajstić information content (AvgIpc) is 2.81. The summed E-state index contributed by atoms with van der Waals surface area (Å²) in [6.45, 7) is 9.62. The smallest absolute Gasteiger partial charge is 0.148 e. The summed E-state index contributed by atoms with van der Waals surface area (Å²) in [7, 11) is 2.08. The van der Waals surface area contributed by atoms with E-state index < -0.39 is 0 Å². The van der Waals surface area contributed by atoms with E-state index in [1.807, 2.05) is 12.3 Å². The lowest BCUT2D eigenvalue weighted by Crippen LogP contribution is -2.28. The fraction of sp³-hybridized carbons (Fsp3) is 0.538. The standard InChI is InChI=1S/C13H20N4S2/c1-8-15-9(6-18-8)10-11(14)16-19-12(10)17(5)7-13(2,3)4/h6H,7H2,1-5H3,(H2,14,16). The number of nitrogen functional groups attached to an aromatic ring is 1. The van der Waals surface area contributed by atoms with Gasteiger partial charge < -0.3 is 10.6 Å². The van der Waals surface area contributed by atoms with Gasteiger partial charge in [0.2, 0.25) is 0 Å². The molecular formula is C13H20N4S2. The molecule has 2 aromatic heterocycles. The largest absolute Gasteiger partial charge is 0.382 e. The molecule has 0 aliphatic heterocycles. The molecule has 19 heavy (non-hydrogen) atoms. The van der Waals surface area contributed by atoms with Crippen LogP contribution in [0.4, 0.5) is 10.8 Å².